The number of nitro benzene ring substituents is 1. The molecule has 1 aromatic carbocycles. The molecule has 2 rings (SSSR count). The van der Waals surface area contributed by atoms with Gasteiger partial charge in [-0.3, -0.25) is 0 Å². The van der Waals surface area contributed by atoms with Gasteiger partial charge in [-0.1, -0.05) is 0 Å². The molecule has 0 aliphatic heterocycles. The van der Waals surface area contributed by atoms with E-state index in [0.29, 0.717) is 16.6 Å². The molecule has 0 radical (unpaired) electrons. The van der Waals surface area contributed by atoms with Crippen LogP contribution >= 0.6 is 0 Å². The Balaban J connectivity index is 2.75. The molecule has 1 heterocycles. The number of aryl methyl sites for hydroxylation is 1. The Morgan fingerprint density at radius 3 is 2.50 bits per heavy atom. The van der Waals surface area contributed by atoms with Crippen molar-refractivity contribution in [3.8, 4) is 0 Å². The molecule has 0 bridgehead atoms. The van der Waals surface area contributed by atoms with Gasteiger partial charge in [-0.05, 0) is 0 Å². The Kier molecular flexibility index (Phi) is 3.63. The van der Waals surface area contributed by atoms with Gasteiger partial charge in [-0.2, -0.15) is 0 Å². The van der Waals surface area contributed by atoms with Crippen LogP contribution in [0.3, 0.4) is 0 Å². The maximum absolute atomic E-state index is 11.1. The Morgan fingerprint density at radius 1 is 1.33 bits per heavy atom. The van der Waals surface area contributed by atoms with Crippen molar-refractivity contribution >= 4 is 37.4 Å². The predicted molar refractivity (Wildman–Crippen MR) is 71.4 cm³/mol. The van der Waals surface area contributed by atoms with E-state index in [9.17, 15) is 10.1 Å². The molecular weight excluding hydrogens is 299 g/mol. The van der Waals surface area contributed by atoms with Gasteiger partial charge in [0.1, 0.15) is 0 Å². The van der Waals surface area contributed by atoms with Gasteiger partial charge in [0.15, 0.2) is 0 Å². The Morgan fingerprint density at radius 2 is 1.94 bits per heavy atom. The molecule has 2 aromatic rings. The van der Waals surface area contributed by atoms with E-state index in [0.717, 1.165) is 18.8 Å². The summed E-state index contributed by atoms with van der Waals surface area (Å²) in [5.41, 5.74) is 2.86. The summed E-state index contributed by atoms with van der Waals surface area (Å²) in [7, 11) is 0. The average Bonchev–Trinajstić information content (AvgIpc) is 2.78. The Labute approximate surface area is 111 Å². The number of nitrogens with zero attached hydrogens (tertiary/aromatic N) is 4. The molecular formula is C11H14N4O2Se. The second-order valence-electron chi connectivity index (χ2n) is 3.95. The quantitative estimate of drug-likeness (QED) is 0.488. The van der Waals surface area contributed by atoms with Crippen LogP contribution in [-0.2, 0) is 0 Å². The Bertz CT molecular complexity index is 592. The fourth-order valence-corrected chi connectivity index (χ4v) is 3.25. The summed E-state index contributed by atoms with van der Waals surface area (Å²) in [6.45, 7) is 7.57. The van der Waals surface area contributed by atoms with Crippen molar-refractivity contribution in [2.24, 2.45) is 0 Å². The molecule has 0 unspecified atom stereocenters. The summed E-state index contributed by atoms with van der Waals surface area (Å²) in [5, 5.41) is 11.1. The molecule has 0 atom stereocenters. The third kappa shape index (κ3) is 2.00. The number of hydrogen-bond donors (Lipinski definition) is 0. The standard InChI is InChI=1S/C11H14N4O2Se/c1-4-14(5-2)8-6-7(3)11(15(16)17)10-9(8)12-18-13-10/h6H,4-5H2,1-3H3. The topological polar surface area (TPSA) is 72.2 Å². The molecule has 7 heteroatoms. The van der Waals surface area contributed by atoms with E-state index in [-0.39, 0.29) is 25.6 Å². The van der Waals surface area contributed by atoms with E-state index in [1.807, 2.05) is 6.07 Å². The van der Waals surface area contributed by atoms with Gasteiger partial charge in [-0.15, -0.1) is 0 Å². The van der Waals surface area contributed by atoms with Crippen LogP contribution in [-0.4, -0.2) is 40.9 Å². The molecule has 0 spiro atoms. The van der Waals surface area contributed by atoms with Gasteiger partial charge in [-0.25, -0.2) is 0 Å². The van der Waals surface area contributed by atoms with Crippen molar-refractivity contribution in [2.45, 2.75) is 20.8 Å². The van der Waals surface area contributed by atoms with Crippen LogP contribution in [0.15, 0.2) is 6.07 Å². The minimum absolute atomic E-state index is 0.101. The second-order valence-corrected chi connectivity index (χ2v) is 5.06. The third-order valence-electron chi connectivity index (χ3n) is 2.97. The van der Waals surface area contributed by atoms with Crippen LogP contribution in [0.5, 0.6) is 0 Å². The minimum atomic E-state index is -0.361. The summed E-state index contributed by atoms with van der Waals surface area (Å²) in [6.07, 6.45) is 0. The van der Waals surface area contributed by atoms with Crippen molar-refractivity contribution in [1.82, 2.24) is 7.96 Å². The van der Waals surface area contributed by atoms with Crippen LogP contribution < -0.4 is 4.90 Å². The molecule has 0 saturated carbocycles. The zero-order chi connectivity index (χ0) is 13.3. The second kappa shape index (κ2) is 5.04. The number of anilines is 1. The molecule has 1 aromatic heterocycles. The van der Waals surface area contributed by atoms with Gasteiger partial charge in [0.25, 0.3) is 0 Å². The molecule has 0 amide bonds. The van der Waals surface area contributed by atoms with Gasteiger partial charge in [0, 0.05) is 0 Å². The maximum atomic E-state index is 11.1. The van der Waals surface area contributed by atoms with Crippen LogP contribution in [0, 0.1) is 17.0 Å². The molecule has 0 N–H and O–H groups in total. The summed E-state index contributed by atoms with van der Waals surface area (Å²) >= 11 is -0.261. The van der Waals surface area contributed by atoms with Crippen molar-refractivity contribution in [1.29, 1.82) is 0 Å². The molecule has 96 valence electrons. The number of aromatic nitrogens is 2. The van der Waals surface area contributed by atoms with E-state index in [1.54, 1.807) is 6.92 Å². The number of rotatable bonds is 4. The van der Waals surface area contributed by atoms with Crippen LogP contribution in [0.25, 0.3) is 11.0 Å². The monoisotopic (exact) mass is 314 g/mol. The van der Waals surface area contributed by atoms with Crippen molar-refractivity contribution < 1.29 is 4.92 Å². The van der Waals surface area contributed by atoms with Gasteiger partial charge < -0.3 is 0 Å². The summed E-state index contributed by atoms with van der Waals surface area (Å²) < 4.78 is 8.57. The first-order chi connectivity index (χ1) is 8.60. The zero-order valence-corrected chi connectivity index (χ0v) is 12.2. The Hall–Kier alpha value is -1.46. The molecule has 0 fully saturated rings. The summed E-state index contributed by atoms with van der Waals surface area (Å²) in [4.78, 5) is 12.9. The number of nitro groups is 1. The normalized spacial score (nSPS) is 10.8. The fraction of sp³-hybridized carbons (Fsp3) is 0.455. The van der Waals surface area contributed by atoms with E-state index in [1.165, 1.54) is 0 Å². The molecule has 0 saturated heterocycles. The summed E-state index contributed by atoms with van der Waals surface area (Å²) in [5.74, 6) is 0. The first-order valence-corrected chi connectivity index (χ1v) is 7.28. The van der Waals surface area contributed by atoms with E-state index >= 15 is 0 Å². The van der Waals surface area contributed by atoms with Crippen molar-refractivity contribution in [3.05, 3.63) is 21.7 Å². The van der Waals surface area contributed by atoms with Crippen LogP contribution in [0.4, 0.5) is 11.4 Å². The SMILES string of the molecule is CCN(CC)c1cc(C)c([N+](=O)[O-])c2n[se]nc12. The van der Waals surface area contributed by atoms with Crippen LogP contribution in [0.2, 0.25) is 0 Å². The first-order valence-electron chi connectivity index (χ1n) is 5.75. The van der Waals surface area contributed by atoms with Crippen molar-refractivity contribution in [2.75, 3.05) is 18.0 Å². The predicted octanol–water partition coefficient (Wildman–Crippen LogP) is 1.75. The van der Waals surface area contributed by atoms with Gasteiger partial charge in [0.2, 0.25) is 0 Å². The third-order valence-corrected chi connectivity index (χ3v) is 4.08. The summed E-state index contributed by atoms with van der Waals surface area (Å²) in [6, 6.07) is 1.85. The van der Waals surface area contributed by atoms with E-state index in [4.69, 9.17) is 0 Å². The van der Waals surface area contributed by atoms with E-state index < -0.39 is 0 Å². The van der Waals surface area contributed by atoms with Crippen LogP contribution in [0.1, 0.15) is 19.4 Å². The van der Waals surface area contributed by atoms with Gasteiger partial charge >= 0.3 is 111 Å². The number of hydrogen-bond acceptors (Lipinski definition) is 5. The van der Waals surface area contributed by atoms with E-state index in [2.05, 4.69) is 26.7 Å². The number of fused-ring (bicyclic) bond motifs is 1. The molecule has 18 heavy (non-hydrogen) atoms. The fourth-order valence-electron chi connectivity index (χ4n) is 2.08. The van der Waals surface area contributed by atoms with Crippen molar-refractivity contribution in [3.63, 3.8) is 0 Å². The van der Waals surface area contributed by atoms with Gasteiger partial charge in [0.05, 0.1) is 0 Å². The zero-order valence-electron chi connectivity index (χ0n) is 10.5. The molecule has 0 aliphatic rings. The number of benzene rings is 1. The molecule has 6 nitrogen and oxygen atoms in total. The molecule has 0 aliphatic carbocycles. The average molecular weight is 313 g/mol. The first kappa shape index (κ1) is 13.0.